The number of halogens is 2. The van der Waals surface area contributed by atoms with Gasteiger partial charge in [0, 0.05) is 55.4 Å². The van der Waals surface area contributed by atoms with Gasteiger partial charge in [0.15, 0.2) is 0 Å². The Morgan fingerprint density at radius 2 is 1.71 bits per heavy atom. The van der Waals surface area contributed by atoms with Crippen LogP contribution < -0.4 is 15.0 Å². The fourth-order valence-corrected chi connectivity index (χ4v) is 6.01. The smallest absolute Gasteiger partial charge is 0.258 e. The van der Waals surface area contributed by atoms with Gasteiger partial charge in [-0.3, -0.25) is 14.4 Å². The second-order valence-corrected chi connectivity index (χ2v) is 11.6. The van der Waals surface area contributed by atoms with E-state index in [1.165, 1.54) is 7.11 Å². The average Bonchev–Trinajstić information content (AvgIpc) is 3.16. The van der Waals surface area contributed by atoms with Crippen molar-refractivity contribution in [1.82, 2.24) is 9.80 Å². The van der Waals surface area contributed by atoms with Gasteiger partial charge in [0.25, 0.3) is 11.8 Å². The molecule has 0 aliphatic carbocycles. The summed E-state index contributed by atoms with van der Waals surface area (Å²) in [7, 11) is 3.55. The van der Waals surface area contributed by atoms with E-state index < -0.39 is 0 Å². The average molecular weight is 610 g/mol. The Balaban J connectivity index is 1.37. The molecule has 42 heavy (non-hydrogen) atoms. The Labute approximate surface area is 256 Å². The first kappa shape index (κ1) is 29.9. The van der Waals surface area contributed by atoms with E-state index in [4.69, 9.17) is 27.9 Å². The first-order chi connectivity index (χ1) is 20.2. The lowest BCUT2D eigenvalue weighted by molar-refractivity contribution is -0.133. The van der Waals surface area contributed by atoms with Crippen molar-refractivity contribution in [2.75, 3.05) is 57.1 Å². The van der Waals surface area contributed by atoms with Gasteiger partial charge in [-0.1, -0.05) is 35.3 Å². The highest BCUT2D eigenvalue weighted by Crippen LogP contribution is 2.39. The number of fused-ring (bicyclic) bond motifs is 1. The summed E-state index contributed by atoms with van der Waals surface area (Å²) >= 11 is 12.6. The molecular weight excluding hydrogens is 575 g/mol. The SMILES string of the molecule is COc1cc(C(=O)N2CCCC(CC(=O)N3CCN(C)CC3)c3cc(Cl)ccc32)ccc1NC(=O)c1ccccc1Cl. The molecule has 1 N–H and O–H groups in total. The van der Waals surface area contributed by atoms with Gasteiger partial charge in [0.1, 0.15) is 5.75 Å². The second kappa shape index (κ2) is 13.2. The number of likely N-dealkylation sites (N-methyl/N-ethyl adjacent to an activating group) is 1. The van der Waals surface area contributed by atoms with Crippen molar-refractivity contribution in [3.63, 3.8) is 0 Å². The molecule has 2 aliphatic rings. The largest absolute Gasteiger partial charge is 0.495 e. The van der Waals surface area contributed by atoms with Crippen molar-refractivity contribution in [2.45, 2.75) is 25.2 Å². The van der Waals surface area contributed by atoms with Gasteiger partial charge in [-0.05, 0) is 79.9 Å². The maximum Gasteiger partial charge on any atom is 0.258 e. The Morgan fingerprint density at radius 3 is 2.45 bits per heavy atom. The molecule has 2 heterocycles. The number of piperazine rings is 1. The summed E-state index contributed by atoms with van der Waals surface area (Å²) in [6.45, 7) is 3.69. The minimum atomic E-state index is -0.381. The number of amides is 3. The zero-order valence-electron chi connectivity index (χ0n) is 23.7. The number of nitrogens with one attached hydrogen (secondary N) is 1. The van der Waals surface area contributed by atoms with E-state index in [0.29, 0.717) is 45.6 Å². The number of hydrogen-bond acceptors (Lipinski definition) is 5. The zero-order chi connectivity index (χ0) is 29.8. The third-order valence-electron chi connectivity index (χ3n) is 7.99. The van der Waals surface area contributed by atoms with Crippen LogP contribution in [0, 0.1) is 0 Å². The van der Waals surface area contributed by atoms with Crippen LogP contribution in [-0.4, -0.2) is 74.4 Å². The molecular formula is C32H34Cl2N4O4. The number of benzene rings is 3. The van der Waals surface area contributed by atoms with Crippen LogP contribution in [0.15, 0.2) is 60.7 Å². The predicted octanol–water partition coefficient (Wildman–Crippen LogP) is 5.94. The Hall–Kier alpha value is -3.59. The minimum absolute atomic E-state index is 0.0411. The number of carbonyl (C=O) groups excluding carboxylic acids is 3. The normalized spacial score (nSPS) is 17.3. The molecule has 1 fully saturated rings. The van der Waals surface area contributed by atoms with Crippen molar-refractivity contribution in [3.8, 4) is 5.75 Å². The molecule has 10 heteroatoms. The van der Waals surface area contributed by atoms with Crippen LogP contribution in [0.3, 0.4) is 0 Å². The van der Waals surface area contributed by atoms with Gasteiger partial charge in [-0.2, -0.15) is 0 Å². The molecule has 0 bridgehead atoms. The Kier molecular flexibility index (Phi) is 9.36. The van der Waals surface area contributed by atoms with Gasteiger partial charge < -0.3 is 24.8 Å². The van der Waals surface area contributed by atoms with E-state index in [1.807, 2.05) is 17.0 Å². The fourth-order valence-electron chi connectivity index (χ4n) is 5.61. The summed E-state index contributed by atoms with van der Waals surface area (Å²) in [5, 5.41) is 3.73. The number of anilines is 2. The van der Waals surface area contributed by atoms with Crippen molar-refractivity contribution in [1.29, 1.82) is 0 Å². The summed E-state index contributed by atoms with van der Waals surface area (Å²) in [5.41, 5.74) is 2.83. The monoisotopic (exact) mass is 608 g/mol. The Bertz CT molecular complexity index is 1490. The van der Waals surface area contributed by atoms with Crippen LogP contribution in [0.1, 0.15) is 51.5 Å². The molecule has 0 spiro atoms. The van der Waals surface area contributed by atoms with Gasteiger partial charge in [0.05, 0.1) is 23.4 Å². The summed E-state index contributed by atoms with van der Waals surface area (Å²) in [4.78, 5) is 45.9. The highest BCUT2D eigenvalue weighted by atomic mass is 35.5. The fraction of sp³-hybridized carbons (Fsp3) is 0.344. The van der Waals surface area contributed by atoms with Crippen molar-refractivity contribution in [3.05, 3.63) is 87.4 Å². The first-order valence-corrected chi connectivity index (χ1v) is 14.8. The number of carbonyl (C=O) groups is 3. The van der Waals surface area contributed by atoms with E-state index >= 15 is 0 Å². The Morgan fingerprint density at radius 1 is 0.952 bits per heavy atom. The van der Waals surface area contributed by atoms with Crippen LogP contribution in [0.4, 0.5) is 11.4 Å². The lowest BCUT2D eigenvalue weighted by Crippen LogP contribution is -2.47. The van der Waals surface area contributed by atoms with Gasteiger partial charge in [0.2, 0.25) is 5.91 Å². The van der Waals surface area contributed by atoms with E-state index in [2.05, 4.69) is 17.3 Å². The standard InChI is InChI=1S/C32H34Cl2N4O4/c1-36-14-16-37(17-15-36)30(39)19-21-6-5-13-38(28-12-10-23(33)20-25(21)28)32(41)22-9-11-27(29(18-22)42-2)35-31(40)24-7-3-4-8-26(24)34/h3-4,7-12,18,20-21H,5-6,13-17,19H2,1-2H3,(H,35,40). The topological polar surface area (TPSA) is 82.2 Å². The van der Waals surface area contributed by atoms with Gasteiger partial charge >= 0.3 is 0 Å². The maximum absolute atomic E-state index is 13.9. The third kappa shape index (κ3) is 6.56. The van der Waals surface area contributed by atoms with Crippen LogP contribution in [-0.2, 0) is 4.79 Å². The van der Waals surface area contributed by atoms with E-state index in [-0.39, 0.29) is 23.6 Å². The van der Waals surface area contributed by atoms with Crippen molar-refractivity contribution < 1.29 is 19.1 Å². The summed E-state index contributed by atoms with van der Waals surface area (Å²) in [6, 6.07) is 17.2. The third-order valence-corrected chi connectivity index (χ3v) is 8.56. The van der Waals surface area contributed by atoms with Crippen LogP contribution in [0.2, 0.25) is 10.0 Å². The molecule has 5 rings (SSSR count). The zero-order valence-corrected chi connectivity index (χ0v) is 25.3. The lowest BCUT2D eigenvalue weighted by atomic mass is 9.90. The number of nitrogens with zero attached hydrogens (tertiary/aromatic N) is 3. The van der Waals surface area contributed by atoms with E-state index in [9.17, 15) is 14.4 Å². The first-order valence-electron chi connectivity index (χ1n) is 14.1. The molecule has 3 amide bonds. The molecule has 8 nitrogen and oxygen atoms in total. The summed E-state index contributed by atoms with van der Waals surface area (Å²) in [5.74, 6) is -0.137. The van der Waals surface area contributed by atoms with Gasteiger partial charge in [-0.15, -0.1) is 0 Å². The molecule has 1 saturated heterocycles. The second-order valence-electron chi connectivity index (χ2n) is 10.7. The molecule has 0 radical (unpaired) electrons. The quantitative estimate of drug-likeness (QED) is 0.374. The predicted molar refractivity (Wildman–Crippen MR) is 166 cm³/mol. The highest BCUT2D eigenvalue weighted by molar-refractivity contribution is 6.34. The molecule has 2 aliphatic heterocycles. The minimum Gasteiger partial charge on any atom is -0.495 e. The highest BCUT2D eigenvalue weighted by Gasteiger charge is 2.31. The number of ether oxygens (including phenoxy) is 1. The molecule has 3 aromatic rings. The van der Waals surface area contributed by atoms with Crippen LogP contribution in [0.5, 0.6) is 5.75 Å². The van der Waals surface area contributed by atoms with E-state index in [0.717, 1.165) is 50.3 Å². The molecule has 3 aromatic carbocycles. The maximum atomic E-state index is 13.9. The molecule has 1 unspecified atom stereocenters. The molecule has 1 atom stereocenters. The molecule has 0 saturated carbocycles. The van der Waals surface area contributed by atoms with Gasteiger partial charge in [-0.25, -0.2) is 0 Å². The molecule has 0 aromatic heterocycles. The molecule has 220 valence electrons. The summed E-state index contributed by atoms with van der Waals surface area (Å²) < 4.78 is 5.54. The lowest BCUT2D eigenvalue weighted by Gasteiger charge is -2.33. The number of hydrogen-bond donors (Lipinski definition) is 1. The van der Waals surface area contributed by atoms with E-state index in [1.54, 1.807) is 53.4 Å². The number of rotatable bonds is 6. The van der Waals surface area contributed by atoms with Crippen LogP contribution in [0.25, 0.3) is 0 Å². The summed E-state index contributed by atoms with van der Waals surface area (Å²) in [6.07, 6.45) is 1.89. The number of methoxy groups -OCH3 is 1. The van der Waals surface area contributed by atoms with Crippen LogP contribution >= 0.6 is 23.2 Å². The van der Waals surface area contributed by atoms with Crippen molar-refractivity contribution >= 4 is 52.3 Å². The van der Waals surface area contributed by atoms with Crippen molar-refractivity contribution in [2.24, 2.45) is 0 Å².